The fourth-order valence-electron chi connectivity index (χ4n) is 1.78. The van der Waals surface area contributed by atoms with Gasteiger partial charge in [-0.25, -0.2) is 9.78 Å². The van der Waals surface area contributed by atoms with Crippen LogP contribution < -0.4 is 4.74 Å². The number of pyridine rings is 1. The fourth-order valence-corrected chi connectivity index (χ4v) is 1.78. The van der Waals surface area contributed by atoms with Gasteiger partial charge in [0, 0.05) is 11.8 Å². The highest BCUT2D eigenvalue weighted by molar-refractivity contribution is 5.60. The Hall–Kier alpha value is -1.84. The van der Waals surface area contributed by atoms with Crippen LogP contribution >= 0.6 is 0 Å². The van der Waals surface area contributed by atoms with E-state index in [9.17, 15) is 4.79 Å². The molecule has 1 N–H and O–H groups in total. The Bertz CT molecular complexity index is 416. The lowest BCUT2D eigenvalue weighted by molar-refractivity contribution is 0.142. The molecule has 1 rings (SSSR count). The summed E-state index contributed by atoms with van der Waals surface area (Å²) in [6.45, 7) is 2.19. The number of nitrogens with zero attached hydrogens (tertiary/aromatic N) is 1. The van der Waals surface area contributed by atoms with Crippen LogP contribution in [0.3, 0.4) is 0 Å². The quantitative estimate of drug-likeness (QED) is 0.433. The topological polar surface area (TPSA) is 59.4 Å². The van der Waals surface area contributed by atoms with Crippen LogP contribution in [0, 0.1) is 0 Å². The van der Waals surface area contributed by atoms with E-state index in [1.165, 1.54) is 25.5 Å². The Labute approximate surface area is 114 Å². The number of hydrogen-bond acceptors (Lipinski definition) is 3. The van der Waals surface area contributed by atoms with Crippen LogP contribution in [-0.4, -0.2) is 16.2 Å². The molecule has 0 fully saturated rings. The van der Waals surface area contributed by atoms with E-state index >= 15 is 0 Å². The van der Waals surface area contributed by atoms with E-state index in [1.54, 1.807) is 6.07 Å². The van der Waals surface area contributed by atoms with Gasteiger partial charge in [-0.2, -0.15) is 0 Å². The zero-order valence-corrected chi connectivity index (χ0v) is 11.3. The standard InChI is InChI=1S/C15H21NO3/c1-2-3-4-5-6-7-8-10-13-11-9-12-16-14(13)19-15(17)18/h6-7,9,11-12H,2-5,8,10H2,1H3,(H,17,18)/b7-6-. The molecular formula is C15H21NO3. The minimum Gasteiger partial charge on any atom is -0.449 e. The Balaban J connectivity index is 2.38. The average molecular weight is 263 g/mol. The zero-order valence-electron chi connectivity index (χ0n) is 11.3. The number of carboxylic acid groups (broad SMARTS) is 1. The van der Waals surface area contributed by atoms with Crippen molar-refractivity contribution in [2.75, 3.05) is 0 Å². The summed E-state index contributed by atoms with van der Waals surface area (Å²) in [4.78, 5) is 14.5. The molecule has 0 aliphatic rings. The highest BCUT2D eigenvalue weighted by Crippen LogP contribution is 2.16. The van der Waals surface area contributed by atoms with Crippen molar-refractivity contribution in [2.24, 2.45) is 0 Å². The summed E-state index contributed by atoms with van der Waals surface area (Å²) in [6.07, 6.45) is 11.0. The van der Waals surface area contributed by atoms with Crippen molar-refractivity contribution in [2.45, 2.75) is 45.4 Å². The number of ether oxygens (including phenoxy) is 1. The number of hydrogen-bond donors (Lipinski definition) is 1. The molecule has 1 heterocycles. The first kappa shape index (κ1) is 15.2. The molecule has 1 aromatic heterocycles. The smallest absolute Gasteiger partial charge is 0.449 e. The summed E-state index contributed by atoms with van der Waals surface area (Å²) in [5, 5.41) is 8.61. The van der Waals surface area contributed by atoms with E-state index in [2.05, 4.69) is 28.8 Å². The van der Waals surface area contributed by atoms with E-state index in [-0.39, 0.29) is 5.88 Å². The second-order valence-electron chi connectivity index (χ2n) is 4.34. The van der Waals surface area contributed by atoms with E-state index in [0.717, 1.165) is 24.8 Å². The second kappa shape index (κ2) is 9.14. The molecule has 19 heavy (non-hydrogen) atoms. The van der Waals surface area contributed by atoms with E-state index in [4.69, 9.17) is 5.11 Å². The van der Waals surface area contributed by atoms with Crippen LogP contribution in [0.4, 0.5) is 4.79 Å². The Morgan fingerprint density at radius 3 is 2.89 bits per heavy atom. The van der Waals surface area contributed by atoms with Gasteiger partial charge >= 0.3 is 6.16 Å². The van der Waals surface area contributed by atoms with Crippen LogP contribution in [0.25, 0.3) is 0 Å². The van der Waals surface area contributed by atoms with E-state index in [0.29, 0.717) is 0 Å². The van der Waals surface area contributed by atoms with Crippen LogP contribution in [0.15, 0.2) is 30.5 Å². The summed E-state index contributed by atoms with van der Waals surface area (Å²) in [5.74, 6) is 0.189. The summed E-state index contributed by atoms with van der Waals surface area (Å²) in [5.41, 5.74) is 0.822. The molecule has 0 amide bonds. The molecule has 0 unspecified atom stereocenters. The third-order valence-electron chi connectivity index (χ3n) is 2.76. The van der Waals surface area contributed by atoms with Gasteiger partial charge in [0.2, 0.25) is 5.88 Å². The van der Waals surface area contributed by atoms with Gasteiger partial charge in [0.05, 0.1) is 0 Å². The largest absolute Gasteiger partial charge is 0.512 e. The monoisotopic (exact) mass is 263 g/mol. The first-order valence-electron chi connectivity index (χ1n) is 6.73. The highest BCUT2D eigenvalue weighted by Gasteiger charge is 2.07. The van der Waals surface area contributed by atoms with Gasteiger partial charge in [-0.1, -0.05) is 38.0 Å². The predicted octanol–water partition coefficient (Wildman–Crippen LogP) is 4.21. The Morgan fingerprint density at radius 1 is 1.37 bits per heavy atom. The fraction of sp³-hybridized carbons (Fsp3) is 0.467. The lowest BCUT2D eigenvalue weighted by Crippen LogP contribution is -2.06. The van der Waals surface area contributed by atoms with Crippen LogP contribution in [-0.2, 0) is 6.42 Å². The van der Waals surface area contributed by atoms with E-state index in [1.807, 2.05) is 6.07 Å². The van der Waals surface area contributed by atoms with Gasteiger partial charge in [0.25, 0.3) is 0 Å². The van der Waals surface area contributed by atoms with Crippen LogP contribution in [0.5, 0.6) is 5.88 Å². The van der Waals surface area contributed by atoms with Gasteiger partial charge in [-0.05, 0) is 31.7 Å². The number of carbonyl (C=O) groups is 1. The van der Waals surface area contributed by atoms with Crippen molar-refractivity contribution in [3.63, 3.8) is 0 Å². The van der Waals surface area contributed by atoms with Crippen molar-refractivity contribution in [1.82, 2.24) is 4.98 Å². The summed E-state index contributed by atoms with van der Waals surface area (Å²) in [7, 11) is 0. The molecule has 0 aromatic carbocycles. The number of aryl methyl sites for hydroxylation is 1. The lowest BCUT2D eigenvalue weighted by atomic mass is 10.1. The molecule has 0 radical (unpaired) electrons. The second-order valence-corrected chi connectivity index (χ2v) is 4.34. The molecule has 104 valence electrons. The van der Waals surface area contributed by atoms with Gasteiger partial charge in [-0.3, -0.25) is 0 Å². The summed E-state index contributed by atoms with van der Waals surface area (Å²) in [6, 6.07) is 3.63. The molecule has 0 aliphatic heterocycles. The molecule has 0 saturated carbocycles. The third kappa shape index (κ3) is 6.60. The molecule has 0 spiro atoms. The number of aromatic nitrogens is 1. The molecule has 4 nitrogen and oxygen atoms in total. The maximum Gasteiger partial charge on any atom is 0.512 e. The third-order valence-corrected chi connectivity index (χ3v) is 2.76. The van der Waals surface area contributed by atoms with Gasteiger partial charge < -0.3 is 9.84 Å². The Kier molecular flexibility index (Phi) is 7.32. The molecule has 0 saturated heterocycles. The molecule has 0 atom stereocenters. The molecule has 0 bridgehead atoms. The number of unbranched alkanes of at least 4 members (excludes halogenated alkanes) is 3. The molecule has 0 aliphatic carbocycles. The minimum atomic E-state index is -1.32. The molecule has 4 heteroatoms. The summed E-state index contributed by atoms with van der Waals surface area (Å²) >= 11 is 0. The normalized spacial score (nSPS) is 10.8. The highest BCUT2D eigenvalue weighted by atomic mass is 16.7. The summed E-state index contributed by atoms with van der Waals surface area (Å²) < 4.78 is 4.64. The van der Waals surface area contributed by atoms with Crippen molar-refractivity contribution in [3.05, 3.63) is 36.0 Å². The SMILES string of the molecule is CCCCC/C=C\CCc1cccnc1OC(=O)O. The first-order valence-corrected chi connectivity index (χ1v) is 6.73. The molecular weight excluding hydrogens is 242 g/mol. The zero-order chi connectivity index (χ0) is 13.9. The molecule has 1 aromatic rings. The van der Waals surface area contributed by atoms with Crippen molar-refractivity contribution in [3.8, 4) is 5.88 Å². The van der Waals surface area contributed by atoms with Crippen molar-refractivity contribution >= 4 is 6.16 Å². The lowest BCUT2D eigenvalue weighted by Gasteiger charge is -2.04. The maximum absolute atomic E-state index is 10.5. The van der Waals surface area contributed by atoms with Gasteiger partial charge in [0.1, 0.15) is 0 Å². The number of allylic oxidation sites excluding steroid dienone is 2. The minimum absolute atomic E-state index is 0.189. The van der Waals surface area contributed by atoms with Crippen molar-refractivity contribution < 1.29 is 14.6 Å². The maximum atomic E-state index is 10.5. The van der Waals surface area contributed by atoms with E-state index < -0.39 is 6.16 Å². The van der Waals surface area contributed by atoms with Gasteiger partial charge in [-0.15, -0.1) is 0 Å². The van der Waals surface area contributed by atoms with Gasteiger partial charge in [0.15, 0.2) is 0 Å². The Morgan fingerprint density at radius 2 is 2.16 bits per heavy atom. The average Bonchev–Trinajstić information content (AvgIpc) is 2.39. The first-order chi connectivity index (χ1) is 9.24. The van der Waals surface area contributed by atoms with Crippen molar-refractivity contribution in [1.29, 1.82) is 0 Å². The predicted molar refractivity (Wildman–Crippen MR) is 74.5 cm³/mol. The van der Waals surface area contributed by atoms with Crippen LogP contribution in [0.2, 0.25) is 0 Å². The number of rotatable bonds is 8. The van der Waals surface area contributed by atoms with Crippen LogP contribution in [0.1, 0.15) is 44.6 Å².